The zero-order valence-electron chi connectivity index (χ0n) is 25.4. The third-order valence-corrected chi connectivity index (χ3v) is 9.81. The van der Waals surface area contributed by atoms with Crippen molar-refractivity contribution in [2.75, 3.05) is 32.2 Å². The summed E-state index contributed by atoms with van der Waals surface area (Å²) < 4.78 is 19.3. The molecule has 2 heterocycles. The van der Waals surface area contributed by atoms with E-state index in [2.05, 4.69) is 102 Å². The van der Waals surface area contributed by atoms with Gasteiger partial charge >= 0.3 is 0 Å². The molecule has 1 saturated heterocycles. The Hall–Kier alpha value is -4.70. The van der Waals surface area contributed by atoms with Gasteiger partial charge in [-0.2, -0.15) is 0 Å². The molecule has 4 heteroatoms. The van der Waals surface area contributed by atoms with E-state index in [1.54, 1.807) is 14.2 Å². The van der Waals surface area contributed by atoms with E-state index in [4.69, 9.17) is 14.2 Å². The topological polar surface area (TPSA) is 30.9 Å². The van der Waals surface area contributed by atoms with Gasteiger partial charge in [-0.3, -0.25) is 0 Å². The zero-order valence-corrected chi connectivity index (χ0v) is 25.4. The second-order valence-electron chi connectivity index (χ2n) is 12.1. The van der Waals surface area contributed by atoms with Gasteiger partial charge in [-0.05, 0) is 84.5 Å². The second-order valence-corrected chi connectivity index (χ2v) is 12.1. The highest BCUT2D eigenvalue weighted by Crippen LogP contribution is 2.55. The maximum Gasteiger partial charge on any atom is 0.178 e. The third-order valence-electron chi connectivity index (χ3n) is 9.81. The van der Waals surface area contributed by atoms with Gasteiger partial charge in [0.05, 0.1) is 14.2 Å². The molecular formula is C40H37NO3. The molecule has 4 nitrogen and oxygen atoms in total. The smallest absolute Gasteiger partial charge is 0.178 e. The highest BCUT2D eigenvalue weighted by molar-refractivity contribution is 6.07. The summed E-state index contributed by atoms with van der Waals surface area (Å²) in [5.41, 5.74) is 8.83. The Bertz CT molecular complexity index is 1890. The Morgan fingerprint density at radius 1 is 0.727 bits per heavy atom. The number of piperidine rings is 1. The number of methoxy groups -OCH3 is 2. The molecule has 0 amide bonds. The molecule has 0 N–H and O–H groups in total. The van der Waals surface area contributed by atoms with Crippen molar-refractivity contribution in [2.24, 2.45) is 0 Å². The van der Waals surface area contributed by atoms with E-state index < -0.39 is 5.60 Å². The Morgan fingerprint density at radius 2 is 1.48 bits per heavy atom. The molecule has 1 atom stereocenters. The van der Waals surface area contributed by atoms with Crippen molar-refractivity contribution in [1.29, 1.82) is 0 Å². The van der Waals surface area contributed by atoms with Crippen molar-refractivity contribution in [3.8, 4) is 28.4 Å². The predicted octanol–water partition coefficient (Wildman–Crippen LogP) is 8.96. The Balaban J connectivity index is 1.39. The molecule has 8 rings (SSSR count). The average Bonchev–Trinajstić information content (AvgIpc) is 3.11. The molecule has 220 valence electrons. The summed E-state index contributed by atoms with van der Waals surface area (Å²) in [4.78, 5) is 2.51. The number of ether oxygens (including phenoxy) is 3. The number of aryl methyl sites for hydroxylation is 2. The number of anilines is 1. The van der Waals surface area contributed by atoms with Gasteiger partial charge in [-0.15, -0.1) is 0 Å². The Kier molecular flexibility index (Phi) is 6.59. The lowest BCUT2D eigenvalue weighted by Crippen LogP contribution is -2.35. The summed E-state index contributed by atoms with van der Waals surface area (Å²) in [7, 11) is 3.43. The van der Waals surface area contributed by atoms with Gasteiger partial charge < -0.3 is 19.1 Å². The molecule has 1 aliphatic carbocycles. The van der Waals surface area contributed by atoms with E-state index in [1.165, 1.54) is 52.6 Å². The van der Waals surface area contributed by atoms with Crippen molar-refractivity contribution in [3.05, 3.63) is 125 Å². The summed E-state index contributed by atoms with van der Waals surface area (Å²) in [5.74, 6) is 2.37. The third kappa shape index (κ3) is 4.11. The van der Waals surface area contributed by atoms with E-state index in [0.717, 1.165) is 65.3 Å². The number of benzene rings is 5. The van der Waals surface area contributed by atoms with Gasteiger partial charge in [0.1, 0.15) is 5.75 Å². The van der Waals surface area contributed by atoms with Crippen LogP contribution in [0.5, 0.6) is 17.2 Å². The lowest BCUT2D eigenvalue weighted by Gasteiger charge is -2.39. The highest BCUT2D eigenvalue weighted by atomic mass is 16.5. The average molecular weight is 580 g/mol. The van der Waals surface area contributed by atoms with Crippen molar-refractivity contribution in [3.63, 3.8) is 0 Å². The second kappa shape index (κ2) is 10.8. The first-order valence-corrected chi connectivity index (χ1v) is 15.8. The van der Waals surface area contributed by atoms with Crippen LogP contribution in [0.2, 0.25) is 0 Å². The van der Waals surface area contributed by atoms with Gasteiger partial charge in [-0.25, -0.2) is 0 Å². The molecule has 0 radical (unpaired) electrons. The molecular weight excluding hydrogens is 542 g/mol. The first-order valence-electron chi connectivity index (χ1n) is 15.8. The molecule has 1 unspecified atom stereocenters. The van der Waals surface area contributed by atoms with Gasteiger partial charge in [0.25, 0.3) is 0 Å². The summed E-state index contributed by atoms with van der Waals surface area (Å²) >= 11 is 0. The number of nitrogens with zero attached hydrogens (tertiary/aromatic N) is 1. The normalized spacial score (nSPS) is 18.6. The fourth-order valence-electron chi connectivity index (χ4n) is 7.65. The van der Waals surface area contributed by atoms with Crippen LogP contribution in [0, 0.1) is 0 Å². The minimum atomic E-state index is -0.797. The predicted molar refractivity (Wildman–Crippen MR) is 179 cm³/mol. The largest absolute Gasteiger partial charge is 0.493 e. The number of rotatable bonds is 5. The molecule has 0 saturated carbocycles. The molecule has 3 aliphatic rings. The van der Waals surface area contributed by atoms with Crippen LogP contribution >= 0.6 is 0 Å². The number of hydrogen-bond acceptors (Lipinski definition) is 4. The minimum Gasteiger partial charge on any atom is -0.493 e. The quantitative estimate of drug-likeness (QED) is 0.208. The lowest BCUT2D eigenvalue weighted by molar-refractivity contribution is 0.162. The van der Waals surface area contributed by atoms with Crippen molar-refractivity contribution < 1.29 is 14.2 Å². The summed E-state index contributed by atoms with van der Waals surface area (Å²) in [5, 5.41) is 2.23. The van der Waals surface area contributed by atoms with E-state index in [1.807, 2.05) is 6.07 Å². The monoisotopic (exact) mass is 579 g/mol. The molecule has 2 aliphatic heterocycles. The van der Waals surface area contributed by atoms with Gasteiger partial charge in [0.2, 0.25) is 0 Å². The van der Waals surface area contributed by atoms with E-state index in [0.29, 0.717) is 0 Å². The van der Waals surface area contributed by atoms with Crippen molar-refractivity contribution >= 4 is 22.5 Å². The van der Waals surface area contributed by atoms with Crippen LogP contribution in [-0.4, -0.2) is 27.3 Å². The van der Waals surface area contributed by atoms with Crippen molar-refractivity contribution in [2.45, 2.75) is 37.7 Å². The van der Waals surface area contributed by atoms with Gasteiger partial charge in [-0.1, -0.05) is 72.8 Å². The lowest BCUT2D eigenvalue weighted by atomic mass is 9.78. The molecule has 5 aromatic rings. The van der Waals surface area contributed by atoms with E-state index in [-0.39, 0.29) is 0 Å². The highest BCUT2D eigenvalue weighted by Gasteiger charge is 2.40. The van der Waals surface area contributed by atoms with E-state index >= 15 is 0 Å². The fraction of sp³-hybridized carbons (Fsp3) is 0.250. The molecule has 5 aromatic carbocycles. The standard InChI is InChI=1S/C40H37NO3/c1-42-35-22-21-33-32-20-15-27-11-7-8-14-31(27)36(32)38-34(37(33)39(35)43-2)23-24-40(44-38,28-12-5-3-6-13-28)29-16-18-30(19-17-29)41-25-9-4-10-26-41/h3,5-8,11-14,16-19,21-24H,4,9-10,15,20,25-26H2,1-2H3. The molecule has 0 aromatic heterocycles. The maximum atomic E-state index is 7.52. The van der Waals surface area contributed by atoms with Crippen LogP contribution < -0.4 is 19.1 Å². The van der Waals surface area contributed by atoms with Crippen LogP contribution in [0.25, 0.3) is 28.0 Å². The van der Waals surface area contributed by atoms with Crippen LogP contribution in [0.3, 0.4) is 0 Å². The number of hydrogen-bond donors (Lipinski definition) is 0. The van der Waals surface area contributed by atoms with Crippen LogP contribution in [0.15, 0.2) is 97.1 Å². The van der Waals surface area contributed by atoms with Gasteiger partial charge in [0, 0.05) is 46.4 Å². The van der Waals surface area contributed by atoms with Crippen LogP contribution in [-0.2, 0) is 18.4 Å². The first-order chi connectivity index (χ1) is 21.7. The zero-order chi connectivity index (χ0) is 29.7. The van der Waals surface area contributed by atoms with Gasteiger partial charge in [0.15, 0.2) is 17.1 Å². The molecule has 1 fully saturated rings. The Morgan fingerprint density at radius 3 is 2.25 bits per heavy atom. The van der Waals surface area contributed by atoms with Crippen molar-refractivity contribution in [1.82, 2.24) is 0 Å². The molecule has 0 spiro atoms. The molecule has 44 heavy (non-hydrogen) atoms. The summed E-state index contributed by atoms with van der Waals surface area (Å²) in [6.07, 6.45) is 10.2. The fourth-order valence-corrected chi connectivity index (χ4v) is 7.65. The number of fused-ring (bicyclic) bond motifs is 8. The molecule has 0 bridgehead atoms. The van der Waals surface area contributed by atoms with Crippen LogP contribution in [0.1, 0.15) is 47.1 Å². The SMILES string of the molecule is COc1ccc2c3c(c4c(c2c1OC)C=CC(c1ccccc1)(c1ccc(N2CCCCC2)cc1)O4)-c1ccccc1CC3. The first kappa shape index (κ1) is 26.9. The van der Waals surface area contributed by atoms with Crippen LogP contribution in [0.4, 0.5) is 5.69 Å². The van der Waals surface area contributed by atoms with E-state index in [9.17, 15) is 0 Å². The maximum absolute atomic E-state index is 7.52. The minimum absolute atomic E-state index is 0.722. The summed E-state index contributed by atoms with van der Waals surface area (Å²) in [6.45, 7) is 2.24. The summed E-state index contributed by atoms with van der Waals surface area (Å²) in [6, 6.07) is 32.7. The Labute approximate surface area is 259 Å².